The predicted octanol–water partition coefficient (Wildman–Crippen LogP) is 2.41. The standard InChI is InChI=1S/C4H7BrI/c5-3-1-2-4-6/h2H,1,3-4H2. The molecule has 0 aliphatic rings. The average molecular weight is 262 g/mol. The molecule has 0 saturated carbocycles. The van der Waals surface area contributed by atoms with E-state index in [4.69, 9.17) is 0 Å². The van der Waals surface area contributed by atoms with Crippen LogP contribution in [0.5, 0.6) is 0 Å². The van der Waals surface area contributed by atoms with Gasteiger partial charge in [-0.2, -0.15) is 0 Å². The first-order chi connectivity index (χ1) is 2.91. The molecule has 0 aromatic rings. The third kappa shape index (κ3) is 5.21. The van der Waals surface area contributed by atoms with Gasteiger partial charge < -0.3 is 0 Å². The molecule has 0 fully saturated rings. The van der Waals surface area contributed by atoms with Crippen LogP contribution in [0.3, 0.4) is 0 Å². The van der Waals surface area contributed by atoms with Gasteiger partial charge in [0.1, 0.15) is 0 Å². The Morgan fingerprint density at radius 2 is 2.33 bits per heavy atom. The summed E-state index contributed by atoms with van der Waals surface area (Å²) in [4.78, 5) is 0. The van der Waals surface area contributed by atoms with Crippen molar-refractivity contribution < 1.29 is 0 Å². The molecule has 0 unspecified atom stereocenters. The second kappa shape index (κ2) is 6.21. The SMILES string of the molecule is BrCC[CH]CI. The molecule has 0 aromatic carbocycles. The zero-order valence-electron chi connectivity index (χ0n) is 3.45. The maximum absolute atomic E-state index is 3.32. The van der Waals surface area contributed by atoms with E-state index in [1.54, 1.807) is 0 Å². The van der Waals surface area contributed by atoms with Crippen LogP contribution in [0.2, 0.25) is 0 Å². The molecule has 0 spiro atoms. The van der Waals surface area contributed by atoms with Gasteiger partial charge in [-0.25, -0.2) is 0 Å². The monoisotopic (exact) mass is 261 g/mol. The molecule has 6 heavy (non-hydrogen) atoms. The van der Waals surface area contributed by atoms with Gasteiger partial charge in [0, 0.05) is 9.76 Å². The zero-order valence-corrected chi connectivity index (χ0v) is 7.20. The van der Waals surface area contributed by atoms with Crippen LogP contribution in [0.1, 0.15) is 6.42 Å². The van der Waals surface area contributed by atoms with E-state index in [0.29, 0.717) is 0 Å². The second-order valence-electron chi connectivity index (χ2n) is 0.921. The fourth-order valence-electron chi connectivity index (χ4n) is 0.154. The van der Waals surface area contributed by atoms with Gasteiger partial charge in [0.05, 0.1) is 0 Å². The van der Waals surface area contributed by atoms with Crippen LogP contribution in [0.4, 0.5) is 0 Å². The third-order valence-electron chi connectivity index (χ3n) is 0.422. The van der Waals surface area contributed by atoms with Crippen LogP contribution in [-0.2, 0) is 0 Å². The lowest BCUT2D eigenvalue weighted by molar-refractivity contribution is 1.14. The number of halogens is 2. The van der Waals surface area contributed by atoms with E-state index in [1.807, 2.05) is 0 Å². The molecular weight excluding hydrogens is 255 g/mol. The first kappa shape index (κ1) is 7.21. The smallest absolute Gasteiger partial charge is 0.00343 e. The average Bonchev–Trinajstić information content (AvgIpc) is 1.61. The summed E-state index contributed by atoms with van der Waals surface area (Å²) in [5.41, 5.74) is 0. The van der Waals surface area contributed by atoms with Crippen LogP contribution < -0.4 is 0 Å². The van der Waals surface area contributed by atoms with E-state index in [-0.39, 0.29) is 0 Å². The van der Waals surface area contributed by atoms with E-state index >= 15 is 0 Å². The van der Waals surface area contributed by atoms with Gasteiger partial charge in [0.25, 0.3) is 0 Å². The fourth-order valence-corrected chi connectivity index (χ4v) is 0.918. The lowest BCUT2D eigenvalue weighted by Crippen LogP contribution is -1.75. The Morgan fingerprint density at radius 3 is 2.50 bits per heavy atom. The summed E-state index contributed by atoms with van der Waals surface area (Å²) < 4.78 is 1.17. The summed E-state index contributed by atoms with van der Waals surface area (Å²) in [6.07, 6.45) is 3.44. The molecule has 0 heterocycles. The van der Waals surface area contributed by atoms with Crippen LogP contribution >= 0.6 is 38.5 Å². The van der Waals surface area contributed by atoms with Crippen molar-refractivity contribution in [3.05, 3.63) is 6.42 Å². The molecule has 0 amide bonds. The van der Waals surface area contributed by atoms with Crippen LogP contribution in [0.25, 0.3) is 0 Å². The summed E-state index contributed by atoms with van der Waals surface area (Å²) in [5.74, 6) is 0. The van der Waals surface area contributed by atoms with Crippen molar-refractivity contribution in [3.63, 3.8) is 0 Å². The van der Waals surface area contributed by atoms with E-state index in [2.05, 4.69) is 44.9 Å². The largest absolute Gasteiger partial charge is 0.0928 e. The van der Waals surface area contributed by atoms with Crippen molar-refractivity contribution >= 4 is 38.5 Å². The van der Waals surface area contributed by atoms with Gasteiger partial charge in [0.2, 0.25) is 0 Å². The fraction of sp³-hybridized carbons (Fsp3) is 0.750. The number of hydrogen-bond acceptors (Lipinski definition) is 0. The molecule has 37 valence electrons. The highest BCUT2D eigenvalue weighted by Crippen LogP contribution is 1.94. The van der Waals surface area contributed by atoms with E-state index < -0.39 is 0 Å². The van der Waals surface area contributed by atoms with Gasteiger partial charge in [-0.1, -0.05) is 38.5 Å². The molecule has 0 atom stereocenters. The summed E-state index contributed by atoms with van der Waals surface area (Å²) in [5, 5.41) is 1.11. The van der Waals surface area contributed by atoms with E-state index in [0.717, 1.165) is 5.33 Å². The molecule has 0 bridgehead atoms. The zero-order chi connectivity index (χ0) is 4.83. The highest BCUT2D eigenvalue weighted by Gasteiger charge is 1.78. The van der Waals surface area contributed by atoms with Crippen LogP contribution in [0, 0.1) is 6.42 Å². The summed E-state index contributed by atoms with van der Waals surface area (Å²) in [6.45, 7) is 0. The third-order valence-corrected chi connectivity index (χ3v) is 1.50. The van der Waals surface area contributed by atoms with Gasteiger partial charge in [-0.3, -0.25) is 0 Å². The minimum absolute atomic E-state index is 1.11. The van der Waals surface area contributed by atoms with Gasteiger partial charge in [-0.15, -0.1) is 0 Å². The molecule has 0 aromatic heterocycles. The van der Waals surface area contributed by atoms with Crippen molar-refractivity contribution in [1.29, 1.82) is 0 Å². The van der Waals surface area contributed by atoms with Gasteiger partial charge in [0.15, 0.2) is 0 Å². The number of rotatable bonds is 3. The Kier molecular flexibility index (Phi) is 7.46. The minimum atomic E-state index is 1.11. The van der Waals surface area contributed by atoms with Crippen LogP contribution in [0.15, 0.2) is 0 Å². The first-order valence-electron chi connectivity index (χ1n) is 1.85. The molecular formula is C4H7BrI. The summed E-state index contributed by atoms with van der Waals surface area (Å²) in [7, 11) is 0. The Labute approximate surface area is 61.0 Å². The van der Waals surface area contributed by atoms with Crippen molar-refractivity contribution in [1.82, 2.24) is 0 Å². The Bertz CT molecular complexity index is 19.5. The maximum Gasteiger partial charge on any atom is 0.00343 e. The molecule has 2 heteroatoms. The van der Waals surface area contributed by atoms with E-state index in [1.165, 1.54) is 10.8 Å². The number of hydrogen-bond donors (Lipinski definition) is 0. The molecule has 0 nitrogen and oxygen atoms in total. The summed E-state index contributed by atoms with van der Waals surface area (Å²) >= 11 is 5.65. The Hall–Kier alpha value is 1.21. The minimum Gasteiger partial charge on any atom is -0.0928 e. The summed E-state index contributed by atoms with van der Waals surface area (Å²) in [6, 6.07) is 0. The lowest BCUT2D eigenvalue weighted by atomic mass is 10.4. The molecule has 0 rings (SSSR count). The normalized spacial score (nSPS) is 9.00. The van der Waals surface area contributed by atoms with Crippen molar-refractivity contribution in [3.8, 4) is 0 Å². The molecule has 1 radical (unpaired) electrons. The highest BCUT2D eigenvalue weighted by atomic mass is 127. The predicted molar refractivity (Wildman–Crippen MR) is 41.6 cm³/mol. The molecule has 0 saturated heterocycles. The van der Waals surface area contributed by atoms with Crippen molar-refractivity contribution in [2.24, 2.45) is 0 Å². The molecule has 0 aliphatic carbocycles. The van der Waals surface area contributed by atoms with Gasteiger partial charge in [-0.05, 0) is 12.8 Å². The topological polar surface area (TPSA) is 0 Å². The molecule has 0 N–H and O–H groups in total. The lowest BCUT2D eigenvalue weighted by Gasteiger charge is -1.83. The van der Waals surface area contributed by atoms with Crippen molar-refractivity contribution in [2.75, 3.05) is 9.76 Å². The highest BCUT2D eigenvalue weighted by molar-refractivity contribution is 14.1. The van der Waals surface area contributed by atoms with Crippen molar-refractivity contribution in [2.45, 2.75) is 6.42 Å². The maximum atomic E-state index is 3.32. The Balaban J connectivity index is 2.34. The first-order valence-corrected chi connectivity index (χ1v) is 4.50. The second-order valence-corrected chi connectivity index (χ2v) is 2.59. The number of alkyl halides is 2. The van der Waals surface area contributed by atoms with E-state index in [9.17, 15) is 0 Å². The van der Waals surface area contributed by atoms with Crippen LogP contribution in [-0.4, -0.2) is 9.76 Å². The quantitative estimate of drug-likeness (QED) is 0.416. The Morgan fingerprint density at radius 1 is 1.67 bits per heavy atom. The number of unbranched alkanes of at least 4 members (excludes halogenated alkanes) is 1. The van der Waals surface area contributed by atoms with Gasteiger partial charge >= 0.3 is 0 Å². The molecule has 0 aliphatic heterocycles.